The van der Waals surface area contributed by atoms with Gasteiger partial charge in [-0.25, -0.2) is 8.78 Å². The maximum atomic E-state index is 13.9. The smallest absolute Gasteiger partial charge is 0.387 e. The molecule has 31 heavy (non-hydrogen) atoms. The maximum Gasteiger partial charge on any atom is 0.387 e. The number of hydrogen-bond acceptors (Lipinski definition) is 3. The largest absolute Gasteiger partial charge is 0.435 e. The van der Waals surface area contributed by atoms with Gasteiger partial charge in [-0.05, 0) is 55.5 Å². The number of alkyl halides is 4. The lowest BCUT2D eigenvalue weighted by Gasteiger charge is -2.15. The van der Waals surface area contributed by atoms with Crippen molar-refractivity contribution in [3.8, 4) is 17.0 Å². The molecule has 0 aliphatic heterocycles. The number of nitrogens with zero attached hydrogens (tertiary/aromatic N) is 1. The number of aryl methyl sites for hydroxylation is 1. The van der Waals surface area contributed by atoms with Gasteiger partial charge in [-0.15, -0.1) is 0 Å². The Morgan fingerprint density at radius 3 is 2.45 bits per heavy atom. The number of benzene rings is 2. The third kappa shape index (κ3) is 5.59. The lowest BCUT2D eigenvalue weighted by molar-refractivity contribution is -0.0498. The zero-order chi connectivity index (χ0) is 22.6. The van der Waals surface area contributed by atoms with Crippen LogP contribution < -0.4 is 10.1 Å². The standard InChI is InChI=1S/C23H20F4N2O2/c1-3-23(26,27)17-5-4-6-18(13-17)29-21(30)16-11-14(2)28-20(12-16)15-7-9-19(10-8-15)31-22(24)25/h4-13,22H,3H2,1-2H3,(H,29,30). The molecule has 162 valence electrons. The summed E-state index contributed by atoms with van der Waals surface area (Å²) in [6.07, 6.45) is -0.349. The van der Waals surface area contributed by atoms with Gasteiger partial charge in [0.15, 0.2) is 0 Å². The summed E-state index contributed by atoms with van der Waals surface area (Å²) in [5, 5.41) is 2.63. The number of rotatable bonds is 7. The van der Waals surface area contributed by atoms with Crippen LogP contribution >= 0.6 is 0 Å². The first-order valence-corrected chi connectivity index (χ1v) is 9.51. The van der Waals surface area contributed by atoms with E-state index in [4.69, 9.17) is 0 Å². The number of nitrogens with one attached hydrogen (secondary N) is 1. The summed E-state index contributed by atoms with van der Waals surface area (Å²) >= 11 is 0. The Bertz CT molecular complexity index is 1070. The van der Waals surface area contributed by atoms with Crippen molar-refractivity contribution in [2.75, 3.05) is 5.32 Å². The third-order valence-electron chi connectivity index (χ3n) is 4.58. The summed E-state index contributed by atoms with van der Waals surface area (Å²) in [5.41, 5.74) is 1.97. The van der Waals surface area contributed by atoms with Crippen LogP contribution in [0.5, 0.6) is 5.75 Å². The minimum absolute atomic E-state index is 0.00753. The van der Waals surface area contributed by atoms with Crippen molar-refractivity contribution in [2.45, 2.75) is 32.8 Å². The minimum Gasteiger partial charge on any atom is -0.435 e. The van der Waals surface area contributed by atoms with Gasteiger partial charge in [-0.1, -0.05) is 19.1 Å². The molecule has 0 radical (unpaired) electrons. The lowest BCUT2D eigenvalue weighted by atomic mass is 10.1. The number of hydrogen-bond donors (Lipinski definition) is 1. The SMILES string of the molecule is CCC(F)(F)c1cccc(NC(=O)c2cc(C)nc(-c3ccc(OC(F)F)cc3)c2)c1. The fourth-order valence-electron chi connectivity index (χ4n) is 2.99. The molecule has 0 bridgehead atoms. The van der Waals surface area contributed by atoms with Crippen LogP contribution in [0.15, 0.2) is 60.7 Å². The van der Waals surface area contributed by atoms with Crippen molar-refractivity contribution in [3.05, 3.63) is 77.5 Å². The Hall–Kier alpha value is -3.42. The van der Waals surface area contributed by atoms with E-state index in [0.717, 1.165) is 0 Å². The van der Waals surface area contributed by atoms with E-state index in [1.165, 1.54) is 49.4 Å². The number of amides is 1. The summed E-state index contributed by atoms with van der Waals surface area (Å²) in [5.74, 6) is -3.46. The van der Waals surface area contributed by atoms with Gasteiger partial charge < -0.3 is 10.1 Å². The molecule has 0 fully saturated rings. The molecule has 3 rings (SSSR count). The summed E-state index contributed by atoms with van der Waals surface area (Å²) in [6.45, 7) is 0.171. The average molecular weight is 432 g/mol. The van der Waals surface area contributed by atoms with E-state index in [2.05, 4.69) is 15.0 Å². The number of ether oxygens (including phenoxy) is 1. The number of carbonyl (C=O) groups is 1. The number of halogens is 4. The quantitative estimate of drug-likeness (QED) is 0.439. The Morgan fingerprint density at radius 1 is 1.10 bits per heavy atom. The van der Waals surface area contributed by atoms with E-state index in [0.29, 0.717) is 17.0 Å². The predicted molar refractivity (Wildman–Crippen MR) is 110 cm³/mol. The topological polar surface area (TPSA) is 51.2 Å². The monoisotopic (exact) mass is 432 g/mol. The number of aromatic nitrogens is 1. The molecule has 0 aliphatic rings. The van der Waals surface area contributed by atoms with Crippen LogP contribution in [0, 0.1) is 6.92 Å². The number of anilines is 1. The maximum absolute atomic E-state index is 13.9. The molecule has 1 aromatic heterocycles. The van der Waals surface area contributed by atoms with Crippen molar-refractivity contribution in [1.82, 2.24) is 4.98 Å². The second kappa shape index (κ2) is 9.16. The summed E-state index contributed by atoms with van der Waals surface area (Å²) in [6, 6.07) is 14.5. The van der Waals surface area contributed by atoms with Gasteiger partial charge in [-0.3, -0.25) is 9.78 Å². The van der Waals surface area contributed by atoms with E-state index in [9.17, 15) is 22.4 Å². The van der Waals surface area contributed by atoms with Crippen LogP contribution in [0.1, 0.15) is 35.0 Å². The minimum atomic E-state index is -2.98. The highest BCUT2D eigenvalue weighted by Gasteiger charge is 2.29. The number of carbonyl (C=O) groups excluding carboxylic acids is 1. The molecule has 8 heteroatoms. The van der Waals surface area contributed by atoms with E-state index < -0.39 is 18.4 Å². The van der Waals surface area contributed by atoms with E-state index in [-0.39, 0.29) is 29.0 Å². The average Bonchev–Trinajstić information content (AvgIpc) is 2.73. The molecule has 2 aromatic carbocycles. The molecule has 0 spiro atoms. The normalized spacial score (nSPS) is 11.5. The molecule has 1 amide bonds. The van der Waals surface area contributed by atoms with Crippen LogP contribution in [-0.2, 0) is 5.92 Å². The summed E-state index contributed by atoms with van der Waals surface area (Å²) < 4.78 is 56.8. The second-order valence-corrected chi connectivity index (χ2v) is 6.88. The second-order valence-electron chi connectivity index (χ2n) is 6.88. The summed E-state index contributed by atoms with van der Waals surface area (Å²) in [7, 11) is 0. The van der Waals surface area contributed by atoms with Gasteiger partial charge >= 0.3 is 6.61 Å². The molecule has 4 nitrogen and oxygen atoms in total. The van der Waals surface area contributed by atoms with E-state index >= 15 is 0 Å². The van der Waals surface area contributed by atoms with Gasteiger partial charge in [0, 0.05) is 34.5 Å². The summed E-state index contributed by atoms with van der Waals surface area (Å²) in [4.78, 5) is 17.1. The van der Waals surface area contributed by atoms with Crippen LogP contribution in [0.2, 0.25) is 0 Å². The third-order valence-corrected chi connectivity index (χ3v) is 4.58. The van der Waals surface area contributed by atoms with Crippen LogP contribution in [-0.4, -0.2) is 17.5 Å². The first-order valence-electron chi connectivity index (χ1n) is 9.51. The van der Waals surface area contributed by atoms with Crippen LogP contribution in [0.4, 0.5) is 23.2 Å². The van der Waals surface area contributed by atoms with Crippen molar-refractivity contribution < 1.29 is 27.1 Å². The first-order chi connectivity index (χ1) is 14.7. The highest BCUT2D eigenvalue weighted by atomic mass is 19.3. The Labute approximate surface area is 176 Å². The van der Waals surface area contributed by atoms with Gasteiger partial charge in [0.1, 0.15) is 5.75 Å². The first kappa shape index (κ1) is 22.3. The number of pyridine rings is 1. The highest BCUT2D eigenvalue weighted by Crippen LogP contribution is 2.32. The van der Waals surface area contributed by atoms with Crippen molar-refractivity contribution in [1.29, 1.82) is 0 Å². The zero-order valence-electron chi connectivity index (χ0n) is 16.8. The molecule has 1 heterocycles. The van der Waals surface area contributed by atoms with Crippen LogP contribution in [0.25, 0.3) is 11.3 Å². The molecular weight excluding hydrogens is 412 g/mol. The molecule has 1 N–H and O–H groups in total. The molecule has 0 unspecified atom stereocenters. The lowest BCUT2D eigenvalue weighted by Crippen LogP contribution is -2.15. The molecular formula is C23H20F4N2O2. The highest BCUT2D eigenvalue weighted by molar-refractivity contribution is 6.05. The van der Waals surface area contributed by atoms with Gasteiger partial charge in [0.05, 0.1) is 5.69 Å². The van der Waals surface area contributed by atoms with Gasteiger partial charge in [-0.2, -0.15) is 8.78 Å². The Balaban J connectivity index is 1.83. The van der Waals surface area contributed by atoms with Crippen molar-refractivity contribution >= 4 is 11.6 Å². The van der Waals surface area contributed by atoms with Crippen LogP contribution in [0.3, 0.4) is 0 Å². The fourth-order valence-corrected chi connectivity index (χ4v) is 2.99. The van der Waals surface area contributed by atoms with Crippen molar-refractivity contribution in [3.63, 3.8) is 0 Å². The van der Waals surface area contributed by atoms with E-state index in [1.54, 1.807) is 25.1 Å². The molecule has 0 aliphatic carbocycles. The van der Waals surface area contributed by atoms with Crippen molar-refractivity contribution in [2.24, 2.45) is 0 Å². The van der Waals surface area contributed by atoms with Gasteiger partial charge in [0.25, 0.3) is 11.8 Å². The Morgan fingerprint density at radius 2 is 1.81 bits per heavy atom. The molecule has 0 atom stereocenters. The van der Waals surface area contributed by atoms with Gasteiger partial charge in [0.2, 0.25) is 0 Å². The Kier molecular flexibility index (Phi) is 6.58. The molecule has 0 saturated heterocycles. The zero-order valence-corrected chi connectivity index (χ0v) is 16.8. The predicted octanol–water partition coefficient (Wildman–Crippen LogP) is 6.41. The fraction of sp³-hybridized carbons (Fsp3) is 0.217. The van der Waals surface area contributed by atoms with E-state index in [1.807, 2.05) is 0 Å². The molecule has 3 aromatic rings. The molecule has 0 saturated carbocycles.